The Labute approximate surface area is 108 Å². The number of nitrogens with one attached hydrogen (secondary N) is 1. The zero-order valence-electron chi connectivity index (χ0n) is 10.9. The lowest BCUT2D eigenvalue weighted by Crippen LogP contribution is -2.40. The van der Waals surface area contributed by atoms with E-state index in [9.17, 15) is 4.39 Å². The van der Waals surface area contributed by atoms with E-state index in [2.05, 4.69) is 17.1 Å². The summed E-state index contributed by atoms with van der Waals surface area (Å²) in [5.41, 5.74) is 0.997. The average Bonchev–Trinajstić information content (AvgIpc) is 2.40. The highest BCUT2D eigenvalue weighted by Gasteiger charge is 2.10. The van der Waals surface area contributed by atoms with E-state index in [4.69, 9.17) is 4.74 Å². The van der Waals surface area contributed by atoms with Crippen LogP contribution < -0.4 is 5.32 Å². The van der Waals surface area contributed by atoms with Crippen LogP contribution in [0.5, 0.6) is 0 Å². The number of morpholine rings is 1. The fourth-order valence-corrected chi connectivity index (χ4v) is 2.16. The van der Waals surface area contributed by atoms with Gasteiger partial charge in [0.05, 0.1) is 13.2 Å². The number of ether oxygens (including phenoxy) is 1. The zero-order chi connectivity index (χ0) is 12.8. The summed E-state index contributed by atoms with van der Waals surface area (Å²) in [6.07, 6.45) is 0. The van der Waals surface area contributed by atoms with Crippen molar-refractivity contribution in [1.82, 2.24) is 10.2 Å². The summed E-state index contributed by atoms with van der Waals surface area (Å²) in [5.74, 6) is -0.172. The van der Waals surface area contributed by atoms with Gasteiger partial charge in [0.15, 0.2) is 0 Å². The molecule has 0 spiro atoms. The van der Waals surface area contributed by atoms with Crippen LogP contribution in [0.25, 0.3) is 0 Å². The maximum absolute atomic E-state index is 13.1. The van der Waals surface area contributed by atoms with Crippen LogP contribution in [0.1, 0.15) is 18.5 Å². The molecule has 0 unspecified atom stereocenters. The number of rotatable bonds is 5. The molecular formula is C14H21FN2O. The molecule has 100 valence electrons. The molecule has 0 bridgehead atoms. The average molecular weight is 252 g/mol. The van der Waals surface area contributed by atoms with Crippen molar-refractivity contribution in [2.45, 2.75) is 13.0 Å². The highest BCUT2D eigenvalue weighted by atomic mass is 19.1. The summed E-state index contributed by atoms with van der Waals surface area (Å²) in [6, 6.07) is 6.96. The normalized spacial score (nSPS) is 18.8. The van der Waals surface area contributed by atoms with Crippen LogP contribution >= 0.6 is 0 Å². The Bertz CT molecular complexity index is 367. The Kier molecular flexibility index (Phi) is 5.11. The molecule has 0 aliphatic carbocycles. The Balaban J connectivity index is 1.72. The van der Waals surface area contributed by atoms with Gasteiger partial charge >= 0.3 is 0 Å². The third-order valence-electron chi connectivity index (χ3n) is 3.33. The minimum atomic E-state index is -0.172. The SMILES string of the molecule is C[C@H](NCCN1CCOCC1)c1cccc(F)c1. The number of hydrogen-bond acceptors (Lipinski definition) is 3. The third kappa shape index (κ3) is 4.05. The molecular weight excluding hydrogens is 231 g/mol. The van der Waals surface area contributed by atoms with Crippen LogP contribution in [-0.2, 0) is 4.74 Å². The largest absolute Gasteiger partial charge is 0.379 e. The second-order valence-corrected chi connectivity index (χ2v) is 4.68. The first-order valence-corrected chi connectivity index (χ1v) is 6.54. The van der Waals surface area contributed by atoms with E-state index in [0.717, 1.165) is 45.0 Å². The molecule has 1 aliphatic rings. The molecule has 2 rings (SSSR count). The maximum Gasteiger partial charge on any atom is 0.123 e. The minimum absolute atomic E-state index is 0.172. The van der Waals surface area contributed by atoms with Gasteiger partial charge in [0.1, 0.15) is 5.82 Å². The van der Waals surface area contributed by atoms with Crippen molar-refractivity contribution >= 4 is 0 Å². The van der Waals surface area contributed by atoms with Gasteiger partial charge < -0.3 is 10.1 Å². The molecule has 1 saturated heterocycles. The standard InChI is InChI=1S/C14H21FN2O/c1-12(13-3-2-4-14(15)11-13)16-5-6-17-7-9-18-10-8-17/h2-4,11-12,16H,5-10H2,1H3/t12-/m0/s1. The van der Waals surface area contributed by atoms with E-state index in [1.54, 1.807) is 12.1 Å². The van der Waals surface area contributed by atoms with Gasteiger partial charge in [-0.05, 0) is 24.6 Å². The van der Waals surface area contributed by atoms with Gasteiger partial charge in [0, 0.05) is 32.2 Å². The van der Waals surface area contributed by atoms with Crippen molar-refractivity contribution in [2.75, 3.05) is 39.4 Å². The molecule has 18 heavy (non-hydrogen) atoms. The summed E-state index contributed by atoms with van der Waals surface area (Å²) < 4.78 is 18.4. The highest BCUT2D eigenvalue weighted by molar-refractivity contribution is 5.19. The molecule has 3 nitrogen and oxygen atoms in total. The molecule has 0 amide bonds. The summed E-state index contributed by atoms with van der Waals surface area (Å²) in [4.78, 5) is 2.38. The van der Waals surface area contributed by atoms with Crippen molar-refractivity contribution < 1.29 is 9.13 Å². The molecule has 1 heterocycles. The lowest BCUT2D eigenvalue weighted by Gasteiger charge is -2.27. The monoisotopic (exact) mass is 252 g/mol. The Morgan fingerprint density at radius 3 is 2.89 bits per heavy atom. The van der Waals surface area contributed by atoms with E-state index < -0.39 is 0 Å². The molecule has 0 radical (unpaired) electrons. The molecule has 4 heteroatoms. The van der Waals surface area contributed by atoms with Crippen molar-refractivity contribution in [3.8, 4) is 0 Å². The van der Waals surface area contributed by atoms with Crippen LogP contribution in [0.3, 0.4) is 0 Å². The molecule has 1 atom stereocenters. The van der Waals surface area contributed by atoms with Crippen LogP contribution in [-0.4, -0.2) is 44.3 Å². The van der Waals surface area contributed by atoms with Crippen molar-refractivity contribution in [3.05, 3.63) is 35.6 Å². The van der Waals surface area contributed by atoms with E-state index in [-0.39, 0.29) is 11.9 Å². The first kappa shape index (κ1) is 13.5. The summed E-state index contributed by atoms with van der Waals surface area (Å²) in [5, 5.41) is 3.42. The molecule has 0 aromatic heterocycles. The molecule has 1 aromatic rings. The zero-order valence-corrected chi connectivity index (χ0v) is 10.9. The predicted octanol–water partition coefficient (Wildman–Crippen LogP) is 1.81. The molecule has 1 N–H and O–H groups in total. The first-order chi connectivity index (χ1) is 8.75. The Hall–Kier alpha value is -0.970. The van der Waals surface area contributed by atoms with Gasteiger partial charge in [-0.15, -0.1) is 0 Å². The summed E-state index contributed by atoms with van der Waals surface area (Å²) >= 11 is 0. The molecule has 1 aliphatic heterocycles. The molecule has 0 saturated carbocycles. The fourth-order valence-electron chi connectivity index (χ4n) is 2.16. The molecule has 1 aromatic carbocycles. The van der Waals surface area contributed by atoms with E-state index in [1.807, 2.05) is 6.07 Å². The quantitative estimate of drug-likeness (QED) is 0.865. The van der Waals surface area contributed by atoms with Crippen molar-refractivity contribution in [2.24, 2.45) is 0 Å². The number of halogens is 1. The van der Waals surface area contributed by atoms with Crippen LogP contribution in [0.2, 0.25) is 0 Å². The Morgan fingerprint density at radius 1 is 1.39 bits per heavy atom. The second kappa shape index (κ2) is 6.83. The highest BCUT2D eigenvalue weighted by Crippen LogP contribution is 2.12. The van der Waals surface area contributed by atoms with Crippen LogP contribution in [0, 0.1) is 5.82 Å². The Morgan fingerprint density at radius 2 is 2.17 bits per heavy atom. The third-order valence-corrected chi connectivity index (χ3v) is 3.33. The lowest BCUT2D eigenvalue weighted by atomic mass is 10.1. The summed E-state index contributed by atoms with van der Waals surface area (Å²) in [6.45, 7) is 7.68. The van der Waals surface area contributed by atoms with Crippen LogP contribution in [0.4, 0.5) is 4.39 Å². The van der Waals surface area contributed by atoms with Gasteiger partial charge in [-0.1, -0.05) is 12.1 Å². The van der Waals surface area contributed by atoms with Gasteiger partial charge in [0.25, 0.3) is 0 Å². The molecule has 1 fully saturated rings. The predicted molar refractivity (Wildman–Crippen MR) is 70.1 cm³/mol. The number of hydrogen-bond donors (Lipinski definition) is 1. The van der Waals surface area contributed by atoms with Gasteiger partial charge in [0.2, 0.25) is 0 Å². The van der Waals surface area contributed by atoms with Gasteiger partial charge in [-0.25, -0.2) is 4.39 Å². The van der Waals surface area contributed by atoms with E-state index in [0.29, 0.717) is 0 Å². The number of nitrogens with zero attached hydrogens (tertiary/aromatic N) is 1. The topological polar surface area (TPSA) is 24.5 Å². The first-order valence-electron chi connectivity index (χ1n) is 6.54. The van der Waals surface area contributed by atoms with Gasteiger partial charge in [-0.3, -0.25) is 4.90 Å². The maximum atomic E-state index is 13.1. The number of benzene rings is 1. The van der Waals surface area contributed by atoms with Crippen molar-refractivity contribution in [1.29, 1.82) is 0 Å². The smallest absolute Gasteiger partial charge is 0.123 e. The lowest BCUT2D eigenvalue weighted by molar-refractivity contribution is 0.0382. The van der Waals surface area contributed by atoms with Crippen LogP contribution in [0.15, 0.2) is 24.3 Å². The fraction of sp³-hybridized carbons (Fsp3) is 0.571. The van der Waals surface area contributed by atoms with Crippen molar-refractivity contribution in [3.63, 3.8) is 0 Å². The summed E-state index contributed by atoms with van der Waals surface area (Å²) in [7, 11) is 0. The minimum Gasteiger partial charge on any atom is -0.379 e. The van der Waals surface area contributed by atoms with E-state index >= 15 is 0 Å². The van der Waals surface area contributed by atoms with Gasteiger partial charge in [-0.2, -0.15) is 0 Å². The second-order valence-electron chi connectivity index (χ2n) is 4.68. The van der Waals surface area contributed by atoms with E-state index in [1.165, 1.54) is 6.07 Å².